The summed E-state index contributed by atoms with van der Waals surface area (Å²) in [5.41, 5.74) is 3.80. The molecule has 5 rings (SSSR count). The number of hydrogen-bond donors (Lipinski definition) is 2. The molecule has 2 N–H and O–H groups in total. The van der Waals surface area contributed by atoms with Crippen molar-refractivity contribution in [2.24, 2.45) is 7.05 Å². The SMILES string of the molecule is COc1ncc(-c2ccn(C)n2)cc1NC(=O)C(Cc1ccccc1)NC1(c2ccccn2)CC1. The molecule has 0 bridgehead atoms. The molecule has 4 aromatic rings. The number of anilines is 1. The molecule has 1 atom stereocenters. The lowest BCUT2D eigenvalue weighted by Crippen LogP contribution is -2.47. The van der Waals surface area contributed by atoms with E-state index in [1.165, 1.54) is 0 Å². The maximum absolute atomic E-state index is 13.7. The lowest BCUT2D eigenvalue weighted by Gasteiger charge is -2.25. The van der Waals surface area contributed by atoms with Gasteiger partial charge in [-0.15, -0.1) is 0 Å². The fraction of sp³-hybridized carbons (Fsp3) is 0.259. The van der Waals surface area contributed by atoms with E-state index in [1.54, 1.807) is 24.2 Å². The standard InChI is InChI=1S/C27H28N6O2/c1-33-15-11-21(32-33)20-17-23(26(35-2)29-18-20)30-25(34)22(16-19-8-4-3-5-9-19)31-27(12-13-27)24-10-6-7-14-28-24/h3-11,14-15,17-18,22,31H,12-13,16H2,1-2H3,(H,30,34). The summed E-state index contributed by atoms with van der Waals surface area (Å²) in [6, 6.07) is 19.2. The fourth-order valence-electron chi connectivity index (χ4n) is 4.27. The molecule has 0 aliphatic heterocycles. The van der Waals surface area contributed by atoms with E-state index in [2.05, 4.69) is 25.7 Å². The van der Waals surface area contributed by atoms with Crippen molar-refractivity contribution in [1.82, 2.24) is 25.1 Å². The molecule has 1 aliphatic carbocycles. The molecule has 1 aromatic carbocycles. The third kappa shape index (κ3) is 5.07. The molecule has 3 heterocycles. The summed E-state index contributed by atoms with van der Waals surface area (Å²) in [5.74, 6) is 0.191. The highest BCUT2D eigenvalue weighted by Crippen LogP contribution is 2.45. The molecule has 1 amide bonds. The van der Waals surface area contributed by atoms with E-state index in [-0.39, 0.29) is 11.4 Å². The lowest BCUT2D eigenvalue weighted by molar-refractivity contribution is -0.118. The van der Waals surface area contributed by atoms with Crippen molar-refractivity contribution in [2.45, 2.75) is 30.8 Å². The highest BCUT2D eigenvalue weighted by molar-refractivity contribution is 5.96. The lowest BCUT2D eigenvalue weighted by atomic mass is 10.0. The zero-order valence-corrected chi connectivity index (χ0v) is 19.8. The zero-order chi connectivity index (χ0) is 24.3. The van der Waals surface area contributed by atoms with Crippen LogP contribution >= 0.6 is 0 Å². The van der Waals surface area contributed by atoms with Crippen LogP contribution in [0.25, 0.3) is 11.3 Å². The van der Waals surface area contributed by atoms with Crippen molar-refractivity contribution in [3.63, 3.8) is 0 Å². The molecule has 35 heavy (non-hydrogen) atoms. The van der Waals surface area contributed by atoms with Gasteiger partial charge in [0.25, 0.3) is 0 Å². The minimum absolute atomic E-state index is 0.158. The van der Waals surface area contributed by atoms with Gasteiger partial charge < -0.3 is 10.1 Å². The summed E-state index contributed by atoms with van der Waals surface area (Å²) in [4.78, 5) is 22.6. The molecule has 0 spiro atoms. The Hall–Kier alpha value is -4.04. The van der Waals surface area contributed by atoms with Crippen LogP contribution in [-0.2, 0) is 23.8 Å². The number of pyridine rings is 2. The smallest absolute Gasteiger partial charge is 0.242 e. The molecule has 1 fully saturated rings. The number of carbonyl (C=O) groups is 1. The Kier molecular flexibility index (Phi) is 6.29. The third-order valence-electron chi connectivity index (χ3n) is 6.27. The summed E-state index contributed by atoms with van der Waals surface area (Å²) in [7, 11) is 3.40. The van der Waals surface area contributed by atoms with Gasteiger partial charge in [0.05, 0.1) is 30.1 Å². The van der Waals surface area contributed by atoms with Crippen LogP contribution in [0.5, 0.6) is 5.88 Å². The average Bonchev–Trinajstić information content (AvgIpc) is 3.55. The number of aromatic nitrogens is 4. The number of hydrogen-bond acceptors (Lipinski definition) is 6. The van der Waals surface area contributed by atoms with Gasteiger partial charge in [0.1, 0.15) is 5.69 Å². The summed E-state index contributed by atoms with van der Waals surface area (Å²) in [5, 5.41) is 11.1. The van der Waals surface area contributed by atoms with Gasteiger partial charge in [-0.1, -0.05) is 36.4 Å². The first-order chi connectivity index (χ1) is 17.1. The van der Waals surface area contributed by atoms with Crippen molar-refractivity contribution < 1.29 is 9.53 Å². The van der Waals surface area contributed by atoms with Crippen LogP contribution in [0.4, 0.5) is 5.69 Å². The van der Waals surface area contributed by atoms with E-state index in [9.17, 15) is 4.79 Å². The third-order valence-corrected chi connectivity index (χ3v) is 6.27. The molecular weight excluding hydrogens is 440 g/mol. The van der Waals surface area contributed by atoms with Crippen molar-refractivity contribution in [1.29, 1.82) is 0 Å². The Morgan fingerprint density at radius 3 is 2.57 bits per heavy atom. The maximum Gasteiger partial charge on any atom is 0.242 e. The fourth-order valence-corrected chi connectivity index (χ4v) is 4.27. The molecular formula is C27H28N6O2. The van der Waals surface area contributed by atoms with Gasteiger partial charge in [-0.05, 0) is 49.1 Å². The number of ether oxygens (including phenoxy) is 1. The Balaban J connectivity index is 1.42. The summed E-state index contributed by atoms with van der Waals surface area (Å²) >= 11 is 0. The largest absolute Gasteiger partial charge is 0.480 e. The van der Waals surface area contributed by atoms with Gasteiger partial charge in [0.15, 0.2) is 0 Å². The highest BCUT2D eigenvalue weighted by Gasteiger charge is 2.47. The monoisotopic (exact) mass is 468 g/mol. The van der Waals surface area contributed by atoms with E-state index in [0.717, 1.165) is 35.4 Å². The average molecular weight is 469 g/mol. The van der Waals surface area contributed by atoms with Crippen molar-refractivity contribution >= 4 is 11.6 Å². The molecule has 0 radical (unpaired) electrons. The van der Waals surface area contributed by atoms with E-state index >= 15 is 0 Å². The first-order valence-corrected chi connectivity index (χ1v) is 11.6. The molecule has 1 saturated carbocycles. The second kappa shape index (κ2) is 9.68. The van der Waals surface area contributed by atoms with Crippen LogP contribution in [0.2, 0.25) is 0 Å². The van der Waals surface area contributed by atoms with Gasteiger partial charge in [0, 0.05) is 31.2 Å². The first kappa shape index (κ1) is 22.7. The quantitative estimate of drug-likeness (QED) is 0.389. The molecule has 3 aromatic heterocycles. The van der Waals surface area contributed by atoms with Crippen molar-refractivity contribution in [3.05, 3.63) is 90.5 Å². The normalized spacial score (nSPS) is 14.8. The van der Waals surface area contributed by atoms with E-state index in [0.29, 0.717) is 18.0 Å². The number of aryl methyl sites for hydroxylation is 1. The summed E-state index contributed by atoms with van der Waals surface area (Å²) in [6.45, 7) is 0. The number of nitrogens with one attached hydrogen (secondary N) is 2. The number of benzene rings is 1. The topological polar surface area (TPSA) is 94.0 Å². The van der Waals surface area contributed by atoms with E-state index in [1.807, 2.05) is 73.9 Å². The Morgan fingerprint density at radius 2 is 1.91 bits per heavy atom. The predicted octanol–water partition coefficient (Wildman–Crippen LogP) is 3.71. The molecule has 0 saturated heterocycles. The number of amides is 1. The molecule has 178 valence electrons. The Bertz CT molecular complexity index is 1300. The second-order valence-electron chi connectivity index (χ2n) is 8.83. The van der Waals surface area contributed by atoms with Crippen LogP contribution < -0.4 is 15.4 Å². The molecule has 1 aliphatic rings. The minimum atomic E-state index is -0.481. The minimum Gasteiger partial charge on any atom is -0.480 e. The number of carbonyl (C=O) groups excluding carboxylic acids is 1. The first-order valence-electron chi connectivity index (χ1n) is 11.6. The second-order valence-corrected chi connectivity index (χ2v) is 8.83. The van der Waals surface area contributed by atoms with Crippen LogP contribution in [0, 0.1) is 0 Å². The van der Waals surface area contributed by atoms with Gasteiger partial charge in [-0.2, -0.15) is 5.10 Å². The van der Waals surface area contributed by atoms with Crippen molar-refractivity contribution in [2.75, 3.05) is 12.4 Å². The van der Waals surface area contributed by atoms with Gasteiger partial charge in [-0.3, -0.25) is 19.8 Å². The predicted molar refractivity (Wildman–Crippen MR) is 134 cm³/mol. The van der Waals surface area contributed by atoms with Crippen LogP contribution in [-0.4, -0.2) is 38.8 Å². The Labute approximate surface area is 204 Å². The van der Waals surface area contributed by atoms with E-state index < -0.39 is 6.04 Å². The molecule has 8 nitrogen and oxygen atoms in total. The summed E-state index contributed by atoms with van der Waals surface area (Å²) in [6.07, 6.45) is 7.76. The zero-order valence-electron chi connectivity index (χ0n) is 19.8. The molecule has 1 unspecified atom stereocenters. The Morgan fingerprint density at radius 1 is 1.11 bits per heavy atom. The van der Waals surface area contributed by atoms with Gasteiger partial charge in [0.2, 0.25) is 11.8 Å². The number of methoxy groups -OCH3 is 1. The molecule has 8 heteroatoms. The summed E-state index contributed by atoms with van der Waals surface area (Å²) < 4.78 is 7.17. The van der Waals surface area contributed by atoms with Crippen LogP contribution in [0.15, 0.2) is 79.3 Å². The number of nitrogens with zero attached hydrogens (tertiary/aromatic N) is 4. The van der Waals surface area contributed by atoms with Gasteiger partial charge >= 0.3 is 0 Å². The van der Waals surface area contributed by atoms with Crippen LogP contribution in [0.3, 0.4) is 0 Å². The maximum atomic E-state index is 13.7. The highest BCUT2D eigenvalue weighted by atomic mass is 16.5. The number of rotatable bonds is 9. The van der Waals surface area contributed by atoms with Crippen molar-refractivity contribution in [3.8, 4) is 17.1 Å². The van der Waals surface area contributed by atoms with Gasteiger partial charge in [-0.25, -0.2) is 4.98 Å². The van der Waals surface area contributed by atoms with E-state index in [4.69, 9.17) is 4.74 Å². The van der Waals surface area contributed by atoms with Crippen LogP contribution in [0.1, 0.15) is 24.1 Å².